The highest BCUT2D eigenvalue weighted by Crippen LogP contribution is 2.14. The number of benzene rings is 1. The molecule has 1 saturated heterocycles. The minimum atomic E-state index is -0.678. The van der Waals surface area contributed by atoms with Crippen molar-refractivity contribution < 1.29 is 9.90 Å². The highest BCUT2D eigenvalue weighted by molar-refractivity contribution is 5.95. The number of hydrogen-bond acceptors (Lipinski definition) is 3. The first-order valence-electron chi connectivity index (χ1n) is 7.16. The minimum Gasteiger partial charge on any atom is -0.389 e. The zero-order valence-electron chi connectivity index (χ0n) is 12.6. The van der Waals surface area contributed by atoms with Gasteiger partial charge in [-0.25, -0.2) is 0 Å². The van der Waals surface area contributed by atoms with E-state index in [1.54, 1.807) is 0 Å². The van der Waals surface area contributed by atoms with E-state index in [1.807, 2.05) is 49.9 Å². The molecule has 0 saturated carbocycles. The van der Waals surface area contributed by atoms with Crippen molar-refractivity contribution in [2.45, 2.75) is 26.4 Å². The molecular formula is C16H24N2O2. The Balaban J connectivity index is 1.94. The number of amides is 1. The van der Waals surface area contributed by atoms with Gasteiger partial charge >= 0.3 is 0 Å². The highest BCUT2D eigenvalue weighted by Gasteiger charge is 2.25. The van der Waals surface area contributed by atoms with Crippen molar-refractivity contribution >= 4 is 5.91 Å². The van der Waals surface area contributed by atoms with Gasteiger partial charge in [0.05, 0.1) is 5.60 Å². The maximum Gasteiger partial charge on any atom is 0.254 e. The monoisotopic (exact) mass is 276 g/mol. The summed E-state index contributed by atoms with van der Waals surface area (Å²) in [6, 6.07) is 7.72. The number of carbonyl (C=O) groups is 1. The van der Waals surface area contributed by atoms with Gasteiger partial charge < -0.3 is 10.0 Å². The zero-order chi connectivity index (χ0) is 14.8. The number of hydrogen-bond donors (Lipinski definition) is 1. The van der Waals surface area contributed by atoms with Crippen LogP contribution in [-0.2, 0) is 0 Å². The van der Waals surface area contributed by atoms with Gasteiger partial charge in [0.15, 0.2) is 0 Å². The smallest absolute Gasteiger partial charge is 0.254 e. The molecule has 20 heavy (non-hydrogen) atoms. The third-order valence-electron chi connectivity index (χ3n) is 3.65. The third-order valence-corrected chi connectivity index (χ3v) is 3.65. The van der Waals surface area contributed by atoms with Gasteiger partial charge in [0.2, 0.25) is 0 Å². The highest BCUT2D eigenvalue weighted by atomic mass is 16.3. The lowest BCUT2D eigenvalue weighted by Gasteiger charge is -2.37. The number of β-amino-alcohol motifs (C(OH)–C–C–N with tert-alkyl or cyclic N) is 1. The topological polar surface area (TPSA) is 43.8 Å². The molecule has 2 rings (SSSR count). The average molecular weight is 276 g/mol. The lowest BCUT2D eigenvalue weighted by molar-refractivity contribution is 0.0178. The molecule has 0 atom stereocenters. The number of carbonyl (C=O) groups excluding carboxylic acids is 1. The van der Waals surface area contributed by atoms with E-state index in [1.165, 1.54) is 0 Å². The van der Waals surface area contributed by atoms with Gasteiger partial charge in [0.25, 0.3) is 5.91 Å². The summed E-state index contributed by atoms with van der Waals surface area (Å²) in [6.07, 6.45) is 0. The Hall–Kier alpha value is -1.39. The predicted octanol–water partition coefficient (Wildman–Crippen LogP) is 1.52. The Labute approximate surface area is 121 Å². The molecule has 0 aliphatic carbocycles. The molecule has 1 aliphatic rings. The second-order valence-corrected chi connectivity index (χ2v) is 6.20. The fourth-order valence-electron chi connectivity index (χ4n) is 2.64. The van der Waals surface area contributed by atoms with Crippen molar-refractivity contribution in [1.29, 1.82) is 0 Å². The molecule has 1 fully saturated rings. The fraction of sp³-hybridized carbons (Fsp3) is 0.562. The van der Waals surface area contributed by atoms with Gasteiger partial charge in [0.1, 0.15) is 0 Å². The van der Waals surface area contributed by atoms with Gasteiger partial charge in [-0.3, -0.25) is 9.69 Å². The van der Waals surface area contributed by atoms with Crippen LogP contribution in [0.4, 0.5) is 0 Å². The molecule has 1 amide bonds. The lowest BCUT2D eigenvalue weighted by atomic mass is 10.1. The molecule has 4 heteroatoms. The van der Waals surface area contributed by atoms with Crippen LogP contribution in [0.3, 0.4) is 0 Å². The van der Waals surface area contributed by atoms with Crippen LogP contribution in [-0.4, -0.2) is 59.1 Å². The number of rotatable bonds is 3. The van der Waals surface area contributed by atoms with E-state index in [2.05, 4.69) is 4.90 Å². The van der Waals surface area contributed by atoms with Crippen molar-refractivity contribution in [3.8, 4) is 0 Å². The third kappa shape index (κ3) is 3.81. The number of nitrogens with zero attached hydrogens (tertiary/aromatic N) is 2. The van der Waals surface area contributed by atoms with Crippen LogP contribution in [0.2, 0.25) is 0 Å². The van der Waals surface area contributed by atoms with E-state index in [0.717, 1.165) is 37.3 Å². The van der Waals surface area contributed by atoms with Gasteiger partial charge in [0, 0.05) is 38.3 Å². The van der Waals surface area contributed by atoms with E-state index in [0.29, 0.717) is 6.54 Å². The fourth-order valence-corrected chi connectivity index (χ4v) is 2.64. The van der Waals surface area contributed by atoms with Crippen LogP contribution in [0.5, 0.6) is 0 Å². The van der Waals surface area contributed by atoms with Crippen molar-refractivity contribution in [1.82, 2.24) is 9.80 Å². The molecule has 1 aromatic carbocycles. The summed E-state index contributed by atoms with van der Waals surface area (Å²) in [5.74, 6) is 0.117. The van der Waals surface area contributed by atoms with E-state index in [9.17, 15) is 9.90 Å². The second kappa shape index (κ2) is 5.94. The van der Waals surface area contributed by atoms with Crippen LogP contribution in [0, 0.1) is 6.92 Å². The molecule has 0 aromatic heterocycles. The molecule has 110 valence electrons. The largest absolute Gasteiger partial charge is 0.389 e. The lowest BCUT2D eigenvalue weighted by Crippen LogP contribution is -2.52. The first-order valence-corrected chi connectivity index (χ1v) is 7.16. The van der Waals surface area contributed by atoms with Crippen LogP contribution in [0.25, 0.3) is 0 Å². The molecular weight excluding hydrogens is 252 g/mol. The number of aliphatic hydroxyl groups is 1. The van der Waals surface area contributed by atoms with Crippen molar-refractivity contribution in [3.63, 3.8) is 0 Å². The molecule has 0 bridgehead atoms. The molecule has 4 nitrogen and oxygen atoms in total. The van der Waals surface area contributed by atoms with Crippen LogP contribution < -0.4 is 0 Å². The van der Waals surface area contributed by atoms with E-state index in [4.69, 9.17) is 0 Å². The Morgan fingerprint density at radius 3 is 2.35 bits per heavy atom. The van der Waals surface area contributed by atoms with Gasteiger partial charge in [-0.2, -0.15) is 0 Å². The molecule has 1 aliphatic heterocycles. The van der Waals surface area contributed by atoms with Crippen molar-refractivity contribution in [2.75, 3.05) is 32.7 Å². The second-order valence-electron chi connectivity index (χ2n) is 6.20. The summed E-state index contributed by atoms with van der Waals surface area (Å²) < 4.78 is 0. The van der Waals surface area contributed by atoms with E-state index < -0.39 is 5.60 Å². The minimum absolute atomic E-state index is 0.117. The summed E-state index contributed by atoms with van der Waals surface area (Å²) in [5.41, 5.74) is 1.14. The summed E-state index contributed by atoms with van der Waals surface area (Å²) in [5, 5.41) is 9.84. The van der Waals surface area contributed by atoms with Crippen molar-refractivity contribution in [3.05, 3.63) is 35.4 Å². The first kappa shape index (κ1) is 15.0. The van der Waals surface area contributed by atoms with Gasteiger partial charge in [-0.15, -0.1) is 0 Å². The Kier molecular flexibility index (Phi) is 4.45. The molecule has 1 N–H and O–H groups in total. The standard InChI is InChI=1S/C16H24N2O2/c1-13-6-4-5-7-14(13)15(19)18-10-8-17(9-11-18)12-16(2,3)20/h4-7,20H,8-12H2,1-3H3. The number of aryl methyl sites for hydroxylation is 1. The maximum absolute atomic E-state index is 12.5. The summed E-state index contributed by atoms with van der Waals surface area (Å²) in [6.45, 7) is 9.35. The van der Waals surface area contributed by atoms with Crippen LogP contribution in [0.1, 0.15) is 29.8 Å². The van der Waals surface area contributed by atoms with Crippen LogP contribution >= 0.6 is 0 Å². The summed E-state index contributed by atoms with van der Waals surface area (Å²) >= 11 is 0. The van der Waals surface area contributed by atoms with E-state index >= 15 is 0 Å². The maximum atomic E-state index is 12.5. The Bertz CT molecular complexity index is 472. The summed E-state index contributed by atoms with van der Waals surface area (Å²) in [4.78, 5) is 16.6. The average Bonchev–Trinajstić information content (AvgIpc) is 2.37. The van der Waals surface area contributed by atoms with Gasteiger partial charge in [-0.1, -0.05) is 18.2 Å². The first-order chi connectivity index (χ1) is 9.37. The molecule has 0 spiro atoms. The van der Waals surface area contributed by atoms with Crippen molar-refractivity contribution in [2.24, 2.45) is 0 Å². The van der Waals surface area contributed by atoms with Gasteiger partial charge in [-0.05, 0) is 32.4 Å². The van der Waals surface area contributed by atoms with Crippen LogP contribution in [0.15, 0.2) is 24.3 Å². The quantitative estimate of drug-likeness (QED) is 0.910. The zero-order valence-corrected chi connectivity index (χ0v) is 12.6. The number of piperazine rings is 1. The predicted molar refractivity (Wildman–Crippen MR) is 79.8 cm³/mol. The van der Waals surface area contributed by atoms with E-state index in [-0.39, 0.29) is 5.91 Å². The Morgan fingerprint density at radius 1 is 1.20 bits per heavy atom. The normalized spacial score (nSPS) is 17.3. The molecule has 1 heterocycles. The SMILES string of the molecule is Cc1ccccc1C(=O)N1CCN(CC(C)(C)O)CC1. The molecule has 1 aromatic rings. The molecule has 0 unspecified atom stereocenters. The Morgan fingerprint density at radius 2 is 1.80 bits per heavy atom. The molecule has 0 radical (unpaired) electrons. The summed E-state index contributed by atoms with van der Waals surface area (Å²) in [7, 11) is 0.